The molecule has 0 aliphatic heterocycles. The van der Waals surface area contributed by atoms with E-state index in [0.717, 1.165) is 27.6 Å². The lowest BCUT2D eigenvalue weighted by molar-refractivity contribution is 0.666. The van der Waals surface area contributed by atoms with Crippen molar-refractivity contribution in [3.8, 4) is 44.5 Å². The molecule has 0 heterocycles. The summed E-state index contributed by atoms with van der Waals surface area (Å²) < 4.78 is 0. The van der Waals surface area contributed by atoms with E-state index < -0.39 is 5.41 Å². The van der Waals surface area contributed by atoms with Gasteiger partial charge in [0.2, 0.25) is 0 Å². The average Bonchev–Trinajstić information content (AvgIpc) is 4.15. The standard InChI is InChI=1S/C74H54N2/c1-73(2)66-38-21-36-62(70(66)64-42-40-48-22-12-13-30-53(48)71(64)73)60-44-43-58(54-31-14-15-32-55(54)60)59-45-46-61(57-34-17-16-33-56(57)59)68(76-72(75)50-23-6-3-7-24-50)47-41-49-25-20-39-67-69(49)63-35-18-19-37-65(63)74(67,51-26-8-4-9-27-51)52-28-10-5-11-29-52/h3-40,42-47H,41H2,1-2H3,(H2,75,76)/b68-47-. The van der Waals surface area contributed by atoms with E-state index in [1.165, 1.54) is 105 Å². The minimum atomic E-state index is -0.486. The SMILES string of the molecule is CC1(C)c2cccc(-c3ccc(-c4ccc(/C(=C/Cc5cccc6c5-c5ccccc5C6(c5ccccc5)c5ccccc5)N=C(N)c5ccccc5)c5ccccc45)c4ccccc34)c2-c2ccc3ccccc3c21. The molecule has 360 valence electrons. The molecule has 2 aliphatic rings. The van der Waals surface area contributed by atoms with Crippen LogP contribution in [0, 0.1) is 0 Å². The third-order valence-electron chi connectivity index (χ3n) is 16.7. The van der Waals surface area contributed by atoms with Gasteiger partial charge in [0.15, 0.2) is 0 Å². The van der Waals surface area contributed by atoms with Gasteiger partial charge in [0.1, 0.15) is 5.84 Å². The first-order chi connectivity index (χ1) is 37.4. The van der Waals surface area contributed by atoms with Crippen LogP contribution < -0.4 is 5.73 Å². The highest BCUT2D eigenvalue weighted by Gasteiger charge is 2.46. The zero-order valence-electron chi connectivity index (χ0n) is 42.6. The normalized spacial score (nSPS) is 14.1. The van der Waals surface area contributed by atoms with Crippen LogP contribution in [0.4, 0.5) is 0 Å². The molecule has 76 heavy (non-hydrogen) atoms. The van der Waals surface area contributed by atoms with Gasteiger partial charge in [0.25, 0.3) is 0 Å². The number of rotatable bonds is 9. The summed E-state index contributed by atoms with van der Waals surface area (Å²) in [7, 11) is 0. The lowest BCUT2D eigenvalue weighted by Gasteiger charge is -2.33. The number of amidine groups is 1. The molecule has 2 nitrogen and oxygen atoms in total. The van der Waals surface area contributed by atoms with E-state index in [-0.39, 0.29) is 5.41 Å². The number of benzene rings is 12. The van der Waals surface area contributed by atoms with Gasteiger partial charge < -0.3 is 5.73 Å². The molecule has 0 unspecified atom stereocenters. The van der Waals surface area contributed by atoms with Crippen molar-refractivity contribution in [2.45, 2.75) is 31.1 Å². The number of hydrogen-bond donors (Lipinski definition) is 1. The van der Waals surface area contributed by atoms with Crippen LogP contribution in [0.3, 0.4) is 0 Å². The van der Waals surface area contributed by atoms with Gasteiger partial charge in [0, 0.05) is 16.5 Å². The lowest BCUT2D eigenvalue weighted by atomic mass is 9.67. The number of nitrogens with two attached hydrogens (primary N) is 1. The molecule has 0 saturated heterocycles. The fourth-order valence-electron chi connectivity index (χ4n) is 13.4. The Morgan fingerprint density at radius 3 is 1.59 bits per heavy atom. The summed E-state index contributed by atoms with van der Waals surface area (Å²) in [6, 6.07) is 95.4. The highest BCUT2D eigenvalue weighted by atomic mass is 14.9. The molecule has 12 aromatic carbocycles. The second kappa shape index (κ2) is 17.9. The summed E-state index contributed by atoms with van der Waals surface area (Å²) in [6.07, 6.45) is 2.94. The van der Waals surface area contributed by atoms with Gasteiger partial charge in [0.05, 0.1) is 11.1 Å². The summed E-state index contributed by atoms with van der Waals surface area (Å²) >= 11 is 0. The molecule has 0 saturated carbocycles. The molecule has 0 fully saturated rings. The molecule has 12 aromatic rings. The summed E-state index contributed by atoms with van der Waals surface area (Å²) in [5.41, 5.74) is 28.3. The van der Waals surface area contributed by atoms with Crippen molar-refractivity contribution in [3.05, 3.63) is 317 Å². The quantitative estimate of drug-likeness (QED) is 0.114. The lowest BCUT2D eigenvalue weighted by Crippen LogP contribution is -2.28. The Morgan fingerprint density at radius 1 is 0.395 bits per heavy atom. The maximum Gasteiger partial charge on any atom is 0.131 e. The van der Waals surface area contributed by atoms with E-state index in [1.807, 2.05) is 30.3 Å². The number of hydrogen-bond acceptors (Lipinski definition) is 1. The average molecular weight is 971 g/mol. The van der Waals surface area contributed by atoms with Gasteiger partial charge >= 0.3 is 0 Å². The monoisotopic (exact) mass is 970 g/mol. The largest absolute Gasteiger partial charge is 0.383 e. The molecule has 0 aromatic heterocycles. The Hall–Kier alpha value is -9.37. The first kappa shape index (κ1) is 45.3. The third-order valence-corrected chi connectivity index (χ3v) is 16.7. The van der Waals surface area contributed by atoms with E-state index in [9.17, 15) is 0 Å². The van der Waals surface area contributed by atoms with Crippen molar-refractivity contribution in [3.63, 3.8) is 0 Å². The first-order valence-corrected chi connectivity index (χ1v) is 26.5. The molecule has 0 spiro atoms. The molecular weight excluding hydrogens is 917 g/mol. The minimum absolute atomic E-state index is 0.149. The molecule has 14 rings (SSSR count). The molecule has 0 radical (unpaired) electrons. The Morgan fingerprint density at radius 2 is 0.895 bits per heavy atom. The van der Waals surface area contributed by atoms with Gasteiger partial charge in [-0.25, -0.2) is 4.99 Å². The second-order valence-electron chi connectivity index (χ2n) is 21.0. The van der Waals surface area contributed by atoms with E-state index >= 15 is 0 Å². The van der Waals surface area contributed by atoms with E-state index in [2.05, 4.69) is 250 Å². The third kappa shape index (κ3) is 6.91. The van der Waals surface area contributed by atoms with Crippen LogP contribution in [0.25, 0.3) is 82.5 Å². The van der Waals surface area contributed by atoms with Crippen molar-refractivity contribution in [2.75, 3.05) is 0 Å². The van der Waals surface area contributed by atoms with Crippen LogP contribution >= 0.6 is 0 Å². The number of allylic oxidation sites excluding steroid dienone is 1. The Balaban J connectivity index is 0.920. The maximum absolute atomic E-state index is 7.02. The predicted octanol–water partition coefficient (Wildman–Crippen LogP) is 18.1. The van der Waals surface area contributed by atoms with Crippen molar-refractivity contribution < 1.29 is 0 Å². The molecule has 0 bridgehead atoms. The smallest absolute Gasteiger partial charge is 0.131 e. The summed E-state index contributed by atoms with van der Waals surface area (Å²) in [4.78, 5) is 5.37. The van der Waals surface area contributed by atoms with Gasteiger partial charge in [-0.2, -0.15) is 0 Å². The van der Waals surface area contributed by atoms with E-state index in [4.69, 9.17) is 10.7 Å². The summed E-state index contributed by atoms with van der Waals surface area (Å²) in [5.74, 6) is 0.476. The van der Waals surface area contributed by atoms with Crippen molar-refractivity contribution >= 4 is 43.9 Å². The predicted molar refractivity (Wildman–Crippen MR) is 320 cm³/mol. The molecule has 0 atom stereocenters. The van der Waals surface area contributed by atoms with Gasteiger partial charge in [-0.05, 0) is 122 Å². The zero-order chi connectivity index (χ0) is 51.0. The van der Waals surface area contributed by atoms with Gasteiger partial charge in [-0.1, -0.05) is 281 Å². The van der Waals surface area contributed by atoms with E-state index in [1.54, 1.807) is 0 Å². The van der Waals surface area contributed by atoms with Crippen molar-refractivity contribution in [2.24, 2.45) is 10.7 Å². The summed E-state index contributed by atoms with van der Waals surface area (Å²) in [6.45, 7) is 4.78. The highest BCUT2D eigenvalue weighted by Crippen LogP contribution is 2.58. The highest BCUT2D eigenvalue weighted by molar-refractivity contribution is 6.14. The molecule has 2 N–H and O–H groups in total. The minimum Gasteiger partial charge on any atom is -0.383 e. The molecule has 0 amide bonds. The molecular formula is C74H54N2. The van der Waals surface area contributed by atoms with Crippen LogP contribution in [0.2, 0.25) is 0 Å². The fraction of sp³-hybridized carbons (Fsp3) is 0.0676. The van der Waals surface area contributed by atoms with Gasteiger partial charge in [-0.15, -0.1) is 0 Å². The fourth-order valence-corrected chi connectivity index (χ4v) is 13.4. The van der Waals surface area contributed by atoms with Crippen LogP contribution in [0.1, 0.15) is 63.9 Å². The second-order valence-corrected chi connectivity index (χ2v) is 21.0. The number of nitrogens with zero attached hydrogens (tertiary/aromatic N) is 1. The molecule has 2 heteroatoms. The topological polar surface area (TPSA) is 38.4 Å². The van der Waals surface area contributed by atoms with Gasteiger partial charge in [-0.3, -0.25) is 0 Å². The number of fused-ring (bicyclic) bond motifs is 10. The Kier molecular flexibility index (Phi) is 10.7. The first-order valence-electron chi connectivity index (χ1n) is 26.5. The van der Waals surface area contributed by atoms with Crippen LogP contribution in [0.15, 0.2) is 272 Å². The summed E-state index contributed by atoms with van der Waals surface area (Å²) in [5, 5.41) is 7.34. The Bertz CT molecular complexity index is 4290. The van der Waals surface area contributed by atoms with Crippen LogP contribution in [-0.2, 0) is 17.3 Å². The number of aliphatic imine (C=N–C) groups is 1. The van der Waals surface area contributed by atoms with E-state index in [0.29, 0.717) is 12.3 Å². The Labute approximate surface area is 444 Å². The van der Waals surface area contributed by atoms with Crippen molar-refractivity contribution in [1.29, 1.82) is 0 Å². The maximum atomic E-state index is 7.02. The zero-order valence-corrected chi connectivity index (χ0v) is 42.6. The molecule has 2 aliphatic carbocycles. The van der Waals surface area contributed by atoms with Crippen LogP contribution in [0.5, 0.6) is 0 Å². The van der Waals surface area contributed by atoms with Crippen molar-refractivity contribution in [1.82, 2.24) is 0 Å². The van der Waals surface area contributed by atoms with Crippen LogP contribution in [-0.4, -0.2) is 5.84 Å².